The topological polar surface area (TPSA) is 75.4 Å². The fourth-order valence-electron chi connectivity index (χ4n) is 3.20. The molecule has 1 amide bonds. The molecule has 3 aromatic rings. The third-order valence-electron chi connectivity index (χ3n) is 4.60. The van der Waals surface area contributed by atoms with Crippen molar-refractivity contribution in [3.8, 4) is 0 Å². The van der Waals surface area contributed by atoms with Crippen molar-refractivity contribution in [2.75, 3.05) is 6.54 Å². The number of fused-ring (bicyclic) bond motifs is 1. The van der Waals surface area contributed by atoms with Crippen LogP contribution in [-0.2, 0) is 18.4 Å². The molecular formula is C18H18N2O3S2. The lowest BCUT2D eigenvalue weighted by atomic mass is 9.94. The van der Waals surface area contributed by atoms with E-state index in [1.807, 2.05) is 34.3 Å². The van der Waals surface area contributed by atoms with Gasteiger partial charge in [0.05, 0.1) is 6.54 Å². The van der Waals surface area contributed by atoms with Gasteiger partial charge in [-0.25, -0.2) is 0 Å². The molecule has 130 valence electrons. The first-order valence-electron chi connectivity index (χ1n) is 8.23. The highest BCUT2D eigenvalue weighted by molar-refractivity contribution is 7.10. The molecule has 2 N–H and O–H groups in total. The van der Waals surface area contributed by atoms with Crippen LogP contribution in [0, 0.1) is 0 Å². The molecule has 4 rings (SSSR count). The summed E-state index contributed by atoms with van der Waals surface area (Å²) in [6, 6.07) is 5.66. The van der Waals surface area contributed by atoms with Gasteiger partial charge in [-0.15, -0.1) is 11.3 Å². The molecular weight excluding hydrogens is 356 g/mol. The van der Waals surface area contributed by atoms with Crippen molar-refractivity contribution in [1.29, 1.82) is 0 Å². The predicted molar refractivity (Wildman–Crippen MR) is 97.1 cm³/mol. The van der Waals surface area contributed by atoms with Crippen LogP contribution in [0.4, 0.5) is 0 Å². The molecule has 1 unspecified atom stereocenters. The number of carbonyl (C=O) groups excluding carboxylic acids is 1. The Hall–Kier alpha value is -1.96. The lowest BCUT2D eigenvalue weighted by molar-refractivity contribution is 0.0715. The quantitative estimate of drug-likeness (QED) is 0.718. The third-order valence-corrected chi connectivity index (χ3v) is 6.30. The first-order valence-corrected chi connectivity index (χ1v) is 10.1. The number of nitrogens with zero attached hydrogens (tertiary/aromatic N) is 1. The molecule has 0 bridgehead atoms. The SMILES string of the molecule is O=C(NCC(O)(c1ccsc1)c1cccs1)c1noc2c1CCCC2. The van der Waals surface area contributed by atoms with E-state index < -0.39 is 5.60 Å². The Morgan fingerprint density at radius 3 is 2.96 bits per heavy atom. The van der Waals surface area contributed by atoms with Crippen molar-refractivity contribution in [3.63, 3.8) is 0 Å². The second-order valence-electron chi connectivity index (χ2n) is 6.17. The number of thiophene rings is 2. The lowest BCUT2D eigenvalue weighted by Crippen LogP contribution is -2.41. The summed E-state index contributed by atoms with van der Waals surface area (Å²) in [5.74, 6) is 0.528. The minimum absolute atomic E-state index is 0.0880. The van der Waals surface area contributed by atoms with Crippen LogP contribution in [0.3, 0.4) is 0 Å². The molecule has 0 saturated heterocycles. The molecule has 3 heterocycles. The molecule has 1 aliphatic carbocycles. The van der Waals surface area contributed by atoms with Crippen LogP contribution < -0.4 is 5.32 Å². The average Bonchev–Trinajstić information content (AvgIpc) is 3.40. The van der Waals surface area contributed by atoms with Gasteiger partial charge in [-0.3, -0.25) is 4.79 Å². The van der Waals surface area contributed by atoms with Crippen LogP contribution >= 0.6 is 22.7 Å². The second-order valence-corrected chi connectivity index (χ2v) is 7.90. The highest BCUT2D eigenvalue weighted by Crippen LogP contribution is 2.33. The monoisotopic (exact) mass is 374 g/mol. The maximum absolute atomic E-state index is 12.6. The van der Waals surface area contributed by atoms with Crippen molar-refractivity contribution in [1.82, 2.24) is 10.5 Å². The van der Waals surface area contributed by atoms with Crippen LogP contribution in [-0.4, -0.2) is 22.7 Å². The molecule has 5 nitrogen and oxygen atoms in total. The van der Waals surface area contributed by atoms with Crippen molar-refractivity contribution in [2.24, 2.45) is 0 Å². The number of aromatic nitrogens is 1. The summed E-state index contributed by atoms with van der Waals surface area (Å²) in [4.78, 5) is 13.4. The predicted octanol–water partition coefficient (Wildman–Crippen LogP) is 3.34. The molecule has 0 aromatic carbocycles. The Morgan fingerprint density at radius 1 is 1.32 bits per heavy atom. The lowest BCUT2D eigenvalue weighted by Gasteiger charge is -2.26. The Labute approximate surface area is 153 Å². The standard InChI is InChI=1S/C18H18N2O3S2/c21-17(16-13-4-1-2-5-14(13)23-20-16)19-11-18(22,12-7-9-24-10-12)15-6-3-8-25-15/h3,6-10,22H,1-2,4-5,11H2,(H,19,21). The van der Waals surface area contributed by atoms with Gasteiger partial charge in [0.1, 0.15) is 11.4 Å². The molecule has 0 radical (unpaired) electrons. The van der Waals surface area contributed by atoms with E-state index in [4.69, 9.17) is 4.52 Å². The summed E-state index contributed by atoms with van der Waals surface area (Å²) >= 11 is 2.99. The number of hydrogen-bond donors (Lipinski definition) is 2. The van der Waals surface area contributed by atoms with E-state index in [-0.39, 0.29) is 12.5 Å². The average molecular weight is 374 g/mol. The van der Waals surface area contributed by atoms with Crippen molar-refractivity contribution in [2.45, 2.75) is 31.3 Å². The summed E-state index contributed by atoms with van der Waals surface area (Å²) in [6.07, 6.45) is 3.77. The largest absolute Gasteiger partial charge is 0.378 e. The molecule has 3 aromatic heterocycles. The van der Waals surface area contributed by atoms with E-state index in [1.165, 1.54) is 22.7 Å². The van der Waals surface area contributed by atoms with Gasteiger partial charge in [-0.05, 0) is 47.5 Å². The van der Waals surface area contributed by atoms with Crippen molar-refractivity contribution in [3.05, 3.63) is 61.8 Å². The highest BCUT2D eigenvalue weighted by atomic mass is 32.1. The fraction of sp³-hybridized carbons (Fsp3) is 0.333. The number of hydrogen-bond acceptors (Lipinski definition) is 6. The van der Waals surface area contributed by atoms with Crippen LogP contribution in [0.15, 0.2) is 38.9 Å². The summed E-state index contributed by atoms with van der Waals surface area (Å²) in [7, 11) is 0. The van der Waals surface area contributed by atoms with Crippen LogP contribution in [0.1, 0.15) is 45.1 Å². The number of carbonyl (C=O) groups is 1. The van der Waals surface area contributed by atoms with Gasteiger partial charge in [0.2, 0.25) is 0 Å². The summed E-state index contributed by atoms with van der Waals surface area (Å²) in [5.41, 5.74) is 0.808. The zero-order valence-electron chi connectivity index (χ0n) is 13.5. The Balaban J connectivity index is 1.56. The minimum Gasteiger partial charge on any atom is -0.378 e. The molecule has 0 saturated carbocycles. The maximum atomic E-state index is 12.6. The van der Waals surface area contributed by atoms with Crippen molar-refractivity contribution >= 4 is 28.6 Å². The first-order chi connectivity index (χ1) is 12.2. The zero-order chi connectivity index (χ0) is 17.3. The van der Waals surface area contributed by atoms with Crippen LogP contribution in [0.2, 0.25) is 0 Å². The zero-order valence-corrected chi connectivity index (χ0v) is 15.2. The van der Waals surface area contributed by atoms with Crippen molar-refractivity contribution < 1.29 is 14.4 Å². The minimum atomic E-state index is -1.24. The third kappa shape index (κ3) is 3.03. The highest BCUT2D eigenvalue weighted by Gasteiger charge is 2.34. The van der Waals surface area contributed by atoms with E-state index in [9.17, 15) is 9.90 Å². The van der Waals surface area contributed by atoms with Gasteiger partial charge in [-0.1, -0.05) is 11.2 Å². The molecule has 7 heteroatoms. The van der Waals surface area contributed by atoms with Gasteiger partial charge in [0.15, 0.2) is 5.69 Å². The molecule has 25 heavy (non-hydrogen) atoms. The van der Waals surface area contributed by atoms with E-state index in [1.54, 1.807) is 0 Å². The van der Waals surface area contributed by atoms with Gasteiger partial charge in [0.25, 0.3) is 5.91 Å². The number of aryl methyl sites for hydroxylation is 1. The normalized spacial score (nSPS) is 16.2. The van der Waals surface area contributed by atoms with Crippen LogP contribution in [0.25, 0.3) is 0 Å². The Kier molecular flexibility index (Phi) is 4.45. The van der Waals surface area contributed by atoms with E-state index in [2.05, 4.69) is 10.5 Å². The van der Waals surface area contributed by atoms with Gasteiger partial charge >= 0.3 is 0 Å². The molecule has 0 aliphatic heterocycles. The smallest absolute Gasteiger partial charge is 0.273 e. The number of nitrogens with one attached hydrogen (secondary N) is 1. The van der Waals surface area contributed by atoms with E-state index >= 15 is 0 Å². The summed E-state index contributed by atoms with van der Waals surface area (Å²) in [5, 5.41) is 23.8. The molecule has 0 spiro atoms. The molecule has 0 fully saturated rings. The number of amides is 1. The summed E-state index contributed by atoms with van der Waals surface area (Å²) < 4.78 is 5.32. The second kappa shape index (κ2) is 6.74. The Morgan fingerprint density at radius 2 is 2.20 bits per heavy atom. The number of rotatable bonds is 5. The maximum Gasteiger partial charge on any atom is 0.273 e. The number of aliphatic hydroxyl groups is 1. The van der Waals surface area contributed by atoms with Gasteiger partial charge in [-0.2, -0.15) is 11.3 Å². The Bertz CT molecular complexity index is 819. The fourth-order valence-corrected chi connectivity index (χ4v) is 4.77. The van der Waals surface area contributed by atoms with Crippen LogP contribution in [0.5, 0.6) is 0 Å². The summed E-state index contributed by atoms with van der Waals surface area (Å²) in [6.45, 7) is 0.0880. The molecule has 1 atom stereocenters. The molecule has 1 aliphatic rings. The van der Waals surface area contributed by atoms with Gasteiger partial charge < -0.3 is 14.9 Å². The van der Waals surface area contributed by atoms with Gasteiger partial charge in [0, 0.05) is 22.4 Å². The van der Waals surface area contributed by atoms with E-state index in [0.29, 0.717) is 5.69 Å². The first kappa shape index (κ1) is 16.5. The van der Waals surface area contributed by atoms with E-state index in [0.717, 1.165) is 47.4 Å².